The van der Waals surface area contributed by atoms with Gasteiger partial charge in [0.15, 0.2) is 0 Å². The van der Waals surface area contributed by atoms with E-state index >= 15 is 0 Å². The summed E-state index contributed by atoms with van der Waals surface area (Å²) in [7, 11) is 4.12. The lowest BCUT2D eigenvalue weighted by molar-refractivity contribution is 0.399. The zero-order valence-corrected chi connectivity index (χ0v) is 13.3. The number of rotatable bonds is 7. The lowest BCUT2D eigenvalue weighted by atomic mass is 10.2. The van der Waals surface area contributed by atoms with Crippen LogP contribution in [0.15, 0.2) is 58.3 Å². The number of halogens is 1. The molecule has 0 unspecified atom stereocenters. The third kappa shape index (κ3) is 5.16. The Hall–Kier alpha value is -1.36. The van der Waals surface area contributed by atoms with Gasteiger partial charge in [0.25, 0.3) is 0 Å². The van der Waals surface area contributed by atoms with Gasteiger partial charge in [-0.1, -0.05) is 42.1 Å². The van der Waals surface area contributed by atoms with E-state index < -0.39 is 0 Å². The number of likely N-dealkylation sites (N-methyl/N-ethyl adjacent to an activating group) is 1. The molecule has 21 heavy (non-hydrogen) atoms. The molecule has 0 amide bonds. The van der Waals surface area contributed by atoms with Crippen LogP contribution in [0.3, 0.4) is 0 Å². The highest BCUT2D eigenvalue weighted by Gasteiger charge is 2.07. The first-order valence-corrected chi connectivity index (χ1v) is 7.84. The zero-order chi connectivity index (χ0) is 15.1. The summed E-state index contributed by atoms with van der Waals surface area (Å²) < 4.78 is 13.8. The number of nitrogens with zero attached hydrogens (tertiary/aromatic N) is 1. The first kappa shape index (κ1) is 16.0. The van der Waals surface area contributed by atoms with Gasteiger partial charge >= 0.3 is 0 Å². The van der Waals surface area contributed by atoms with Gasteiger partial charge in [-0.25, -0.2) is 4.39 Å². The summed E-state index contributed by atoms with van der Waals surface area (Å²) in [5.41, 5.74) is 1.20. The fraction of sp³-hybridized carbons (Fsp3) is 0.294. The van der Waals surface area contributed by atoms with Gasteiger partial charge in [-0.05, 0) is 37.9 Å². The molecule has 0 saturated carbocycles. The zero-order valence-electron chi connectivity index (χ0n) is 12.5. The van der Waals surface area contributed by atoms with E-state index in [0.717, 1.165) is 24.5 Å². The minimum Gasteiger partial charge on any atom is -0.311 e. The van der Waals surface area contributed by atoms with Crippen LogP contribution in [0.4, 0.5) is 4.39 Å². The third-order valence-corrected chi connectivity index (χ3v) is 4.25. The second-order valence-corrected chi connectivity index (χ2v) is 6.20. The molecule has 2 nitrogen and oxygen atoms in total. The van der Waals surface area contributed by atoms with Crippen LogP contribution < -0.4 is 5.32 Å². The Morgan fingerprint density at radius 3 is 2.38 bits per heavy atom. The van der Waals surface area contributed by atoms with E-state index in [-0.39, 0.29) is 5.82 Å². The van der Waals surface area contributed by atoms with Gasteiger partial charge in [0, 0.05) is 29.4 Å². The maximum atomic E-state index is 13.8. The van der Waals surface area contributed by atoms with Gasteiger partial charge in [0.1, 0.15) is 5.82 Å². The molecule has 0 bridgehead atoms. The number of hydrogen-bond acceptors (Lipinski definition) is 3. The van der Waals surface area contributed by atoms with Crippen molar-refractivity contribution in [3.05, 3.63) is 59.9 Å². The summed E-state index contributed by atoms with van der Waals surface area (Å²) >= 11 is 1.48. The fourth-order valence-corrected chi connectivity index (χ4v) is 2.89. The largest absolute Gasteiger partial charge is 0.311 e. The standard InChI is InChI=1S/C17H21FN2S/c1-20(2)12-11-19-13-14-7-3-5-9-16(14)21-17-10-6-4-8-15(17)18/h3-10,19H,11-13H2,1-2H3. The van der Waals surface area contributed by atoms with E-state index in [1.54, 1.807) is 6.07 Å². The van der Waals surface area contributed by atoms with Crippen molar-refractivity contribution >= 4 is 11.8 Å². The molecule has 0 heterocycles. The fourth-order valence-electron chi connectivity index (χ4n) is 1.92. The van der Waals surface area contributed by atoms with Crippen LogP contribution in [0.25, 0.3) is 0 Å². The Morgan fingerprint density at radius 1 is 1.00 bits per heavy atom. The topological polar surface area (TPSA) is 15.3 Å². The molecule has 0 fully saturated rings. The molecule has 112 valence electrons. The normalized spacial score (nSPS) is 11.0. The summed E-state index contributed by atoms with van der Waals surface area (Å²) in [6.07, 6.45) is 0. The Labute approximate surface area is 130 Å². The molecule has 0 aliphatic rings. The van der Waals surface area contributed by atoms with Gasteiger partial charge in [-0.15, -0.1) is 0 Å². The van der Waals surface area contributed by atoms with Crippen LogP contribution in [-0.4, -0.2) is 32.1 Å². The molecule has 0 aliphatic heterocycles. The van der Waals surface area contributed by atoms with Crippen molar-refractivity contribution in [2.24, 2.45) is 0 Å². The van der Waals surface area contributed by atoms with Crippen molar-refractivity contribution in [3.63, 3.8) is 0 Å². The number of nitrogens with one attached hydrogen (secondary N) is 1. The van der Waals surface area contributed by atoms with Gasteiger partial charge in [0.2, 0.25) is 0 Å². The van der Waals surface area contributed by atoms with Gasteiger partial charge in [0.05, 0.1) is 0 Å². The van der Waals surface area contributed by atoms with E-state index in [0.29, 0.717) is 4.90 Å². The van der Waals surface area contributed by atoms with Crippen molar-refractivity contribution < 1.29 is 4.39 Å². The Kier molecular flexibility index (Phi) is 6.23. The smallest absolute Gasteiger partial charge is 0.137 e. The molecule has 2 aromatic carbocycles. The van der Waals surface area contributed by atoms with Gasteiger partial charge in [-0.2, -0.15) is 0 Å². The molecule has 0 aromatic heterocycles. The monoisotopic (exact) mass is 304 g/mol. The lowest BCUT2D eigenvalue weighted by Gasteiger charge is -2.13. The average molecular weight is 304 g/mol. The second kappa shape index (κ2) is 8.17. The molecule has 0 aliphatic carbocycles. The predicted octanol–water partition coefficient (Wildman–Crippen LogP) is 3.63. The first-order valence-electron chi connectivity index (χ1n) is 7.02. The number of hydrogen-bond donors (Lipinski definition) is 1. The van der Waals surface area contributed by atoms with E-state index in [1.807, 2.05) is 30.3 Å². The van der Waals surface area contributed by atoms with Gasteiger partial charge < -0.3 is 10.2 Å². The molecule has 2 aromatic rings. The lowest BCUT2D eigenvalue weighted by Crippen LogP contribution is -2.26. The molecule has 0 spiro atoms. The minimum atomic E-state index is -0.169. The number of benzene rings is 2. The Morgan fingerprint density at radius 2 is 1.67 bits per heavy atom. The molecule has 4 heteroatoms. The van der Waals surface area contributed by atoms with Crippen LogP contribution in [0.2, 0.25) is 0 Å². The highest BCUT2D eigenvalue weighted by Crippen LogP contribution is 2.31. The van der Waals surface area contributed by atoms with Crippen LogP contribution in [-0.2, 0) is 6.54 Å². The van der Waals surface area contributed by atoms with Crippen LogP contribution in [0, 0.1) is 5.82 Å². The first-order chi connectivity index (χ1) is 10.2. The molecule has 2 rings (SSSR count). The van der Waals surface area contributed by atoms with Crippen LogP contribution >= 0.6 is 11.8 Å². The molecule has 0 radical (unpaired) electrons. The third-order valence-electron chi connectivity index (χ3n) is 3.08. The van der Waals surface area contributed by atoms with Crippen LogP contribution in [0.5, 0.6) is 0 Å². The van der Waals surface area contributed by atoms with Crippen molar-refractivity contribution in [1.29, 1.82) is 0 Å². The van der Waals surface area contributed by atoms with E-state index in [9.17, 15) is 4.39 Å². The molecule has 0 saturated heterocycles. The maximum Gasteiger partial charge on any atom is 0.137 e. The maximum absolute atomic E-state index is 13.8. The molecule has 1 N–H and O–H groups in total. The summed E-state index contributed by atoms with van der Waals surface area (Å²) in [5.74, 6) is -0.169. The van der Waals surface area contributed by atoms with Crippen molar-refractivity contribution in [2.75, 3.05) is 27.2 Å². The predicted molar refractivity (Wildman–Crippen MR) is 87.2 cm³/mol. The van der Waals surface area contributed by atoms with E-state index in [4.69, 9.17) is 0 Å². The Bertz CT molecular complexity index is 572. The summed E-state index contributed by atoms with van der Waals surface area (Å²) in [4.78, 5) is 3.91. The van der Waals surface area contributed by atoms with Crippen molar-refractivity contribution in [1.82, 2.24) is 10.2 Å². The van der Waals surface area contributed by atoms with Gasteiger partial charge in [-0.3, -0.25) is 0 Å². The molecular formula is C17H21FN2S. The SMILES string of the molecule is CN(C)CCNCc1ccccc1Sc1ccccc1F. The second-order valence-electron chi connectivity index (χ2n) is 5.12. The van der Waals surface area contributed by atoms with E-state index in [1.165, 1.54) is 23.4 Å². The summed E-state index contributed by atoms with van der Waals surface area (Å²) in [5, 5.41) is 3.43. The highest BCUT2D eigenvalue weighted by atomic mass is 32.2. The molecule has 0 atom stereocenters. The highest BCUT2D eigenvalue weighted by molar-refractivity contribution is 7.99. The summed E-state index contributed by atoms with van der Waals surface area (Å²) in [6, 6.07) is 15.0. The van der Waals surface area contributed by atoms with Crippen molar-refractivity contribution in [3.8, 4) is 0 Å². The van der Waals surface area contributed by atoms with Crippen molar-refractivity contribution in [2.45, 2.75) is 16.3 Å². The minimum absolute atomic E-state index is 0.169. The summed E-state index contributed by atoms with van der Waals surface area (Å²) in [6.45, 7) is 2.74. The average Bonchev–Trinajstić information content (AvgIpc) is 2.47. The quantitative estimate of drug-likeness (QED) is 0.786. The molecular weight excluding hydrogens is 283 g/mol. The van der Waals surface area contributed by atoms with Crippen LogP contribution in [0.1, 0.15) is 5.56 Å². The Balaban J connectivity index is 2.01. The van der Waals surface area contributed by atoms with E-state index in [2.05, 4.69) is 30.4 Å².